The molecule has 1 unspecified atom stereocenters. The molecule has 1 heterocycles. The normalized spacial score (nSPS) is 12.4. The van der Waals surface area contributed by atoms with Gasteiger partial charge in [0.1, 0.15) is 0 Å². The Labute approximate surface area is 97.6 Å². The number of nitrogens with one attached hydrogen (secondary N) is 2. The van der Waals surface area contributed by atoms with Gasteiger partial charge in [0.2, 0.25) is 5.91 Å². The first-order chi connectivity index (χ1) is 7.77. The topological polar surface area (TPSA) is 44.9 Å². The Balaban J connectivity index is 2.31. The van der Waals surface area contributed by atoms with E-state index in [0.29, 0.717) is 6.54 Å². The van der Waals surface area contributed by atoms with Gasteiger partial charge in [0.15, 0.2) is 0 Å². The van der Waals surface area contributed by atoms with Gasteiger partial charge < -0.3 is 10.3 Å². The van der Waals surface area contributed by atoms with Crippen LogP contribution in [-0.4, -0.2) is 10.9 Å². The highest BCUT2D eigenvalue weighted by molar-refractivity contribution is 5.78. The summed E-state index contributed by atoms with van der Waals surface area (Å²) in [5, 5.41) is 2.99. The molecule has 3 nitrogen and oxygen atoms in total. The quantitative estimate of drug-likeness (QED) is 0.732. The van der Waals surface area contributed by atoms with Gasteiger partial charge in [0.05, 0.1) is 0 Å². The zero-order chi connectivity index (χ0) is 11.8. The Bertz CT molecular complexity index is 293. The lowest BCUT2D eigenvalue weighted by Gasteiger charge is -2.14. The summed E-state index contributed by atoms with van der Waals surface area (Å²) in [5.74, 6) is 0.371. The van der Waals surface area contributed by atoms with Crippen LogP contribution in [0.25, 0.3) is 0 Å². The molecule has 1 aromatic rings. The molecular weight excluding hydrogens is 200 g/mol. The Kier molecular flexibility index (Phi) is 5.68. The summed E-state index contributed by atoms with van der Waals surface area (Å²) in [6, 6.07) is 1.98. The van der Waals surface area contributed by atoms with Crippen LogP contribution >= 0.6 is 0 Å². The lowest BCUT2D eigenvalue weighted by molar-refractivity contribution is -0.125. The molecule has 0 aromatic carbocycles. The second-order valence-corrected chi connectivity index (χ2v) is 4.18. The average molecular weight is 222 g/mol. The number of carbonyl (C=O) groups is 1. The fourth-order valence-electron chi connectivity index (χ4n) is 1.77. The van der Waals surface area contributed by atoms with Crippen LogP contribution in [0.5, 0.6) is 0 Å². The monoisotopic (exact) mass is 222 g/mol. The van der Waals surface area contributed by atoms with E-state index in [2.05, 4.69) is 24.1 Å². The molecule has 0 aliphatic carbocycles. The van der Waals surface area contributed by atoms with Crippen LogP contribution in [0.4, 0.5) is 0 Å². The fraction of sp³-hybridized carbons (Fsp3) is 0.615. The van der Waals surface area contributed by atoms with Crippen LogP contribution < -0.4 is 5.32 Å². The summed E-state index contributed by atoms with van der Waals surface area (Å²) in [4.78, 5) is 14.8. The van der Waals surface area contributed by atoms with Gasteiger partial charge in [-0.2, -0.15) is 0 Å². The molecule has 0 spiro atoms. The van der Waals surface area contributed by atoms with Gasteiger partial charge in [-0.15, -0.1) is 0 Å². The minimum Gasteiger partial charge on any atom is -0.367 e. The molecule has 0 radical (unpaired) electrons. The van der Waals surface area contributed by atoms with Gasteiger partial charge >= 0.3 is 0 Å². The third kappa shape index (κ3) is 4.09. The number of carbonyl (C=O) groups excluding carboxylic acids is 1. The summed E-state index contributed by atoms with van der Waals surface area (Å²) in [5.41, 5.74) is 1.12. The Morgan fingerprint density at radius 2 is 2.31 bits per heavy atom. The van der Waals surface area contributed by atoms with Crippen molar-refractivity contribution in [3.8, 4) is 0 Å². The summed E-state index contributed by atoms with van der Waals surface area (Å²) < 4.78 is 0. The molecule has 0 bridgehead atoms. The molecule has 3 heteroatoms. The number of aromatic nitrogens is 1. The lowest BCUT2D eigenvalue weighted by atomic mass is 9.98. The molecule has 1 rings (SSSR count). The van der Waals surface area contributed by atoms with Gasteiger partial charge in [0, 0.05) is 24.9 Å². The SMILES string of the molecule is CCCCC(CC)C(=O)NCc1cc[nH]c1. The Morgan fingerprint density at radius 1 is 1.50 bits per heavy atom. The van der Waals surface area contributed by atoms with Crippen molar-refractivity contribution in [1.29, 1.82) is 0 Å². The largest absolute Gasteiger partial charge is 0.367 e. The van der Waals surface area contributed by atoms with Crippen LogP contribution in [0.2, 0.25) is 0 Å². The number of amides is 1. The fourth-order valence-corrected chi connectivity index (χ4v) is 1.77. The van der Waals surface area contributed by atoms with E-state index >= 15 is 0 Å². The van der Waals surface area contributed by atoms with Crippen molar-refractivity contribution in [2.45, 2.75) is 46.1 Å². The van der Waals surface area contributed by atoms with Gasteiger partial charge in [-0.3, -0.25) is 4.79 Å². The van der Waals surface area contributed by atoms with Gasteiger partial charge in [-0.1, -0.05) is 26.7 Å². The summed E-state index contributed by atoms with van der Waals surface area (Å²) in [6.07, 6.45) is 8.01. The molecule has 1 atom stereocenters. The van der Waals surface area contributed by atoms with Crippen molar-refractivity contribution in [3.05, 3.63) is 24.0 Å². The number of aromatic amines is 1. The second kappa shape index (κ2) is 7.09. The first kappa shape index (κ1) is 12.8. The third-order valence-electron chi connectivity index (χ3n) is 2.90. The van der Waals surface area contributed by atoms with Crippen molar-refractivity contribution < 1.29 is 4.79 Å². The molecule has 0 saturated carbocycles. The Morgan fingerprint density at radius 3 is 2.88 bits per heavy atom. The van der Waals surface area contributed by atoms with Crippen molar-refractivity contribution in [2.24, 2.45) is 5.92 Å². The summed E-state index contributed by atoms with van der Waals surface area (Å²) >= 11 is 0. The standard InChI is InChI=1S/C13H22N2O/c1-3-5-6-12(4-2)13(16)15-10-11-7-8-14-9-11/h7-9,12,14H,3-6,10H2,1-2H3,(H,15,16). The van der Waals surface area contributed by atoms with Crippen LogP contribution in [0.15, 0.2) is 18.5 Å². The van der Waals surface area contributed by atoms with Crippen LogP contribution in [0.1, 0.15) is 45.1 Å². The molecule has 1 amide bonds. The van der Waals surface area contributed by atoms with Crippen LogP contribution in [0, 0.1) is 5.92 Å². The number of hydrogen-bond donors (Lipinski definition) is 2. The van der Waals surface area contributed by atoms with E-state index in [1.165, 1.54) is 0 Å². The molecular formula is C13H22N2O. The highest BCUT2D eigenvalue weighted by Gasteiger charge is 2.14. The molecule has 90 valence electrons. The van der Waals surface area contributed by atoms with Gasteiger partial charge in [-0.25, -0.2) is 0 Å². The summed E-state index contributed by atoms with van der Waals surface area (Å²) in [7, 11) is 0. The van der Waals surface area contributed by atoms with Gasteiger partial charge in [0.25, 0.3) is 0 Å². The lowest BCUT2D eigenvalue weighted by Crippen LogP contribution is -2.29. The maximum atomic E-state index is 11.9. The molecule has 2 N–H and O–H groups in total. The van der Waals surface area contributed by atoms with E-state index in [4.69, 9.17) is 0 Å². The molecule has 0 aliphatic rings. The Hall–Kier alpha value is -1.25. The molecule has 0 fully saturated rings. The van der Waals surface area contributed by atoms with Crippen molar-refractivity contribution in [2.75, 3.05) is 0 Å². The van der Waals surface area contributed by atoms with E-state index in [9.17, 15) is 4.79 Å². The van der Waals surface area contributed by atoms with E-state index < -0.39 is 0 Å². The second-order valence-electron chi connectivity index (χ2n) is 4.18. The zero-order valence-electron chi connectivity index (χ0n) is 10.3. The minimum atomic E-state index is 0.180. The number of unbranched alkanes of at least 4 members (excludes halogenated alkanes) is 1. The smallest absolute Gasteiger partial charge is 0.223 e. The molecule has 0 aliphatic heterocycles. The first-order valence-electron chi connectivity index (χ1n) is 6.17. The highest BCUT2D eigenvalue weighted by atomic mass is 16.1. The zero-order valence-corrected chi connectivity index (χ0v) is 10.3. The molecule has 16 heavy (non-hydrogen) atoms. The van der Waals surface area contributed by atoms with E-state index in [1.54, 1.807) is 0 Å². The third-order valence-corrected chi connectivity index (χ3v) is 2.90. The highest BCUT2D eigenvalue weighted by Crippen LogP contribution is 2.12. The maximum Gasteiger partial charge on any atom is 0.223 e. The average Bonchev–Trinajstić information content (AvgIpc) is 2.80. The minimum absolute atomic E-state index is 0.180. The van der Waals surface area contributed by atoms with Crippen LogP contribution in [0.3, 0.4) is 0 Å². The van der Waals surface area contributed by atoms with Gasteiger partial charge in [-0.05, 0) is 24.5 Å². The van der Waals surface area contributed by atoms with E-state index in [1.807, 2.05) is 18.5 Å². The van der Waals surface area contributed by atoms with E-state index in [-0.39, 0.29) is 11.8 Å². The van der Waals surface area contributed by atoms with Crippen LogP contribution in [-0.2, 0) is 11.3 Å². The number of H-pyrrole nitrogens is 1. The van der Waals surface area contributed by atoms with Crippen molar-refractivity contribution in [1.82, 2.24) is 10.3 Å². The van der Waals surface area contributed by atoms with Crippen molar-refractivity contribution >= 4 is 5.91 Å². The number of rotatable bonds is 7. The first-order valence-corrected chi connectivity index (χ1v) is 6.17. The molecule has 0 saturated heterocycles. The number of hydrogen-bond acceptors (Lipinski definition) is 1. The predicted octanol–water partition coefficient (Wildman–Crippen LogP) is 2.85. The summed E-state index contributed by atoms with van der Waals surface area (Å²) in [6.45, 7) is 4.87. The molecule has 1 aromatic heterocycles. The maximum absolute atomic E-state index is 11.9. The van der Waals surface area contributed by atoms with E-state index in [0.717, 1.165) is 31.2 Å². The van der Waals surface area contributed by atoms with Crippen molar-refractivity contribution in [3.63, 3.8) is 0 Å². The predicted molar refractivity (Wildman–Crippen MR) is 65.9 cm³/mol.